The van der Waals surface area contributed by atoms with Gasteiger partial charge in [0.25, 0.3) is 0 Å². The fourth-order valence-corrected chi connectivity index (χ4v) is 6.21. The summed E-state index contributed by atoms with van der Waals surface area (Å²) in [5, 5.41) is 13.7. The average Bonchev–Trinajstić information content (AvgIpc) is 3.38. The summed E-state index contributed by atoms with van der Waals surface area (Å²) in [6.07, 6.45) is 2.27. The Morgan fingerprint density at radius 2 is 1.72 bits per heavy atom. The van der Waals surface area contributed by atoms with Crippen LogP contribution in [0.3, 0.4) is 0 Å². The number of ether oxygens (including phenoxy) is 3. The van der Waals surface area contributed by atoms with Gasteiger partial charge in [0.1, 0.15) is 24.8 Å². The van der Waals surface area contributed by atoms with Crippen LogP contribution >= 0.6 is 0 Å². The Labute approximate surface area is 251 Å². The predicted octanol–water partition coefficient (Wildman–Crippen LogP) is 5.99. The number of anilines is 1. The monoisotopic (exact) mass is 590 g/mol. The molecule has 1 fully saturated rings. The number of nitrogens with one attached hydrogen (secondary N) is 1. The molecule has 1 unspecified atom stereocenters. The molecule has 2 N–H and O–H groups in total. The number of aliphatic carboxylic acids is 1. The molecule has 2 heterocycles. The summed E-state index contributed by atoms with van der Waals surface area (Å²) in [7, 11) is 0. The normalized spacial score (nSPS) is 19.7. The van der Waals surface area contributed by atoms with E-state index in [9.17, 15) is 14.7 Å². The van der Waals surface area contributed by atoms with Crippen LogP contribution in [0.5, 0.6) is 17.2 Å². The molecule has 5 rings (SSSR count). The van der Waals surface area contributed by atoms with Crippen molar-refractivity contribution in [2.24, 2.45) is 5.92 Å². The molecule has 3 aromatic rings. The van der Waals surface area contributed by atoms with E-state index in [4.69, 9.17) is 14.2 Å². The molecule has 43 heavy (non-hydrogen) atoms. The maximum Gasteiger partial charge on any atom is 0.309 e. The van der Waals surface area contributed by atoms with Crippen molar-refractivity contribution in [2.45, 2.75) is 52.0 Å². The van der Waals surface area contributed by atoms with Crippen LogP contribution in [-0.4, -0.2) is 54.8 Å². The van der Waals surface area contributed by atoms with Gasteiger partial charge < -0.3 is 24.6 Å². The summed E-state index contributed by atoms with van der Waals surface area (Å²) in [5.74, 6) is -1.95. The lowest BCUT2D eigenvalue weighted by molar-refractivity contribution is -0.143. The summed E-state index contributed by atoms with van der Waals surface area (Å²) in [6.45, 7) is 7.44. The van der Waals surface area contributed by atoms with E-state index in [-0.39, 0.29) is 24.6 Å². The highest BCUT2D eigenvalue weighted by Crippen LogP contribution is 2.48. The topological polar surface area (TPSA) is 97.3 Å². The molecule has 0 saturated carbocycles. The van der Waals surface area contributed by atoms with E-state index in [0.717, 1.165) is 41.6 Å². The van der Waals surface area contributed by atoms with E-state index < -0.39 is 29.7 Å². The van der Waals surface area contributed by atoms with Crippen LogP contribution in [0.15, 0.2) is 54.6 Å². The van der Waals surface area contributed by atoms with E-state index >= 15 is 4.39 Å². The molecule has 2 aliphatic heterocycles. The van der Waals surface area contributed by atoms with Crippen molar-refractivity contribution < 1.29 is 33.3 Å². The first-order chi connectivity index (χ1) is 20.8. The number of benzene rings is 3. The molecule has 2 aliphatic rings. The van der Waals surface area contributed by atoms with Crippen LogP contribution in [0.2, 0.25) is 0 Å². The second-order valence-corrected chi connectivity index (χ2v) is 11.0. The second kappa shape index (κ2) is 13.5. The van der Waals surface area contributed by atoms with Crippen LogP contribution in [0.4, 0.5) is 10.1 Å². The van der Waals surface area contributed by atoms with Gasteiger partial charge in [0.15, 0.2) is 11.5 Å². The zero-order valence-electron chi connectivity index (χ0n) is 24.9. The number of nitrogens with zero attached hydrogens (tertiary/aromatic N) is 1. The first-order valence-electron chi connectivity index (χ1n) is 15.0. The minimum absolute atomic E-state index is 0.107. The molecule has 228 valence electrons. The van der Waals surface area contributed by atoms with Crippen LogP contribution in [0.25, 0.3) is 0 Å². The number of hydrogen-bond acceptors (Lipinski definition) is 6. The zero-order chi connectivity index (χ0) is 30.5. The van der Waals surface area contributed by atoms with Gasteiger partial charge in [-0.05, 0) is 54.2 Å². The van der Waals surface area contributed by atoms with Gasteiger partial charge in [0, 0.05) is 29.8 Å². The lowest BCUT2D eigenvalue weighted by Gasteiger charge is -2.27. The van der Waals surface area contributed by atoms with Gasteiger partial charge in [-0.3, -0.25) is 14.5 Å². The Morgan fingerprint density at radius 3 is 2.37 bits per heavy atom. The number of carboxylic acids is 1. The van der Waals surface area contributed by atoms with Gasteiger partial charge in [-0.15, -0.1) is 0 Å². The fraction of sp³-hybridized carbons (Fsp3) is 0.412. The maximum absolute atomic E-state index is 15.7. The predicted molar refractivity (Wildman–Crippen MR) is 162 cm³/mol. The fourth-order valence-electron chi connectivity index (χ4n) is 6.21. The summed E-state index contributed by atoms with van der Waals surface area (Å²) < 4.78 is 32.8. The van der Waals surface area contributed by atoms with Crippen molar-refractivity contribution in [3.05, 3.63) is 82.7 Å². The quantitative estimate of drug-likeness (QED) is 0.283. The number of hydrogen-bond donors (Lipinski definition) is 2. The smallest absolute Gasteiger partial charge is 0.309 e. The van der Waals surface area contributed by atoms with Crippen LogP contribution in [-0.2, 0) is 22.4 Å². The van der Waals surface area contributed by atoms with Crippen molar-refractivity contribution in [1.82, 2.24) is 4.90 Å². The third-order valence-corrected chi connectivity index (χ3v) is 8.25. The lowest BCUT2D eigenvalue weighted by Crippen LogP contribution is -2.35. The highest BCUT2D eigenvalue weighted by Gasteiger charge is 2.49. The highest BCUT2D eigenvalue weighted by atomic mass is 19.1. The number of fused-ring (bicyclic) bond motifs is 1. The van der Waals surface area contributed by atoms with Crippen molar-refractivity contribution in [1.29, 1.82) is 0 Å². The second-order valence-electron chi connectivity index (χ2n) is 11.0. The van der Waals surface area contributed by atoms with Gasteiger partial charge in [0.2, 0.25) is 5.91 Å². The standard InChI is InChI=1S/C34H39FN2O6/c1-4-14-41-24-11-12-25(27(35)18-24)33-31(34(39)40)26(23-10-13-28-29(17-23)43-16-15-42-28)19-37(33)20-30(38)36-32-21(5-2)8-7-9-22(32)6-3/h7-13,17-18,26,31,33H,4-6,14-16,19-20H2,1-3H3,(H,36,38)(H,39,40)/t26-,31?,33+/m1/s1. The Kier molecular flexibility index (Phi) is 9.50. The van der Waals surface area contributed by atoms with E-state index in [1.54, 1.807) is 29.2 Å². The SMILES string of the molecule is CCCOc1ccc([C@H]2C(C(=O)O)[C@@H](c3ccc4c(c3)OCCO4)CN2CC(=O)Nc2c(CC)cccc2CC)c(F)c1. The number of likely N-dealkylation sites (tertiary alicyclic amines) is 1. The number of rotatable bonds is 11. The molecule has 0 radical (unpaired) electrons. The highest BCUT2D eigenvalue weighted by molar-refractivity contribution is 5.94. The van der Waals surface area contributed by atoms with E-state index in [2.05, 4.69) is 5.32 Å². The van der Waals surface area contributed by atoms with Gasteiger partial charge in [-0.1, -0.05) is 51.1 Å². The Hall–Kier alpha value is -4.11. The molecule has 8 nitrogen and oxygen atoms in total. The minimum atomic E-state index is -1.07. The van der Waals surface area contributed by atoms with Crippen molar-refractivity contribution in [3.8, 4) is 17.2 Å². The molecule has 1 amide bonds. The van der Waals surface area contributed by atoms with Gasteiger partial charge in [0.05, 0.1) is 25.1 Å². The summed E-state index contributed by atoms with van der Waals surface area (Å²) in [5.41, 5.74) is 3.79. The zero-order valence-corrected chi connectivity index (χ0v) is 24.9. The summed E-state index contributed by atoms with van der Waals surface area (Å²) >= 11 is 0. The third-order valence-electron chi connectivity index (χ3n) is 8.25. The number of carbonyl (C=O) groups is 2. The maximum atomic E-state index is 15.7. The Balaban J connectivity index is 1.51. The largest absolute Gasteiger partial charge is 0.494 e. The molecule has 3 atom stereocenters. The number of carbonyl (C=O) groups excluding carboxylic acids is 1. The van der Waals surface area contributed by atoms with Crippen LogP contribution in [0.1, 0.15) is 61.4 Å². The summed E-state index contributed by atoms with van der Waals surface area (Å²) in [6, 6.07) is 15.0. The molecule has 0 bridgehead atoms. The molecule has 9 heteroatoms. The van der Waals surface area contributed by atoms with Gasteiger partial charge in [-0.25, -0.2) is 4.39 Å². The molecule has 0 aliphatic carbocycles. The number of carboxylic acid groups (broad SMARTS) is 1. The van der Waals surface area contributed by atoms with Crippen molar-refractivity contribution >= 4 is 17.6 Å². The molecule has 1 saturated heterocycles. The Morgan fingerprint density at radius 1 is 1.00 bits per heavy atom. The van der Waals surface area contributed by atoms with E-state index in [1.165, 1.54) is 6.07 Å². The molecular weight excluding hydrogens is 551 g/mol. The third kappa shape index (κ3) is 6.46. The minimum Gasteiger partial charge on any atom is -0.494 e. The number of aryl methyl sites for hydroxylation is 2. The Bertz CT molecular complexity index is 1450. The number of amides is 1. The van der Waals surface area contributed by atoms with Gasteiger partial charge in [-0.2, -0.15) is 0 Å². The van der Waals surface area contributed by atoms with E-state index in [0.29, 0.717) is 37.1 Å². The first kappa shape index (κ1) is 30.4. The van der Waals surface area contributed by atoms with Gasteiger partial charge >= 0.3 is 5.97 Å². The number of halogens is 1. The van der Waals surface area contributed by atoms with Crippen molar-refractivity contribution in [2.75, 3.05) is 38.2 Å². The average molecular weight is 591 g/mol. The van der Waals surface area contributed by atoms with Crippen molar-refractivity contribution in [3.63, 3.8) is 0 Å². The molecule has 3 aromatic carbocycles. The molecule has 0 aromatic heterocycles. The number of para-hydroxylation sites is 1. The van der Waals surface area contributed by atoms with Crippen LogP contribution < -0.4 is 19.5 Å². The van der Waals surface area contributed by atoms with E-state index in [1.807, 2.05) is 45.0 Å². The molecule has 0 spiro atoms. The lowest BCUT2D eigenvalue weighted by atomic mass is 9.82. The van der Waals surface area contributed by atoms with Crippen LogP contribution in [0, 0.1) is 11.7 Å². The first-order valence-corrected chi connectivity index (χ1v) is 15.0. The summed E-state index contributed by atoms with van der Waals surface area (Å²) in [4.78, 5) is 28.3. The molecular formula is C34H39FN2O6.